The van der Waals surface area contributed by atoms with E-state index in [1.807, 2.05) is 36.4 Å². The Balaban J connectivity index is 2.15. The fourth-order valence-electron chi connectivity index (χ4n) is 1.96. The quantitative estimate of drug-likeness (QED) is 0.757. The number of pyridine rings is 1. The Morgan fingerprint density at radius 1 is 1.00 bits per heavy atom. The third-order valence-electron chi connectivity index (χ3n) is 3.04. The molecule has 2 aromatic rings. The van der Waals surface area contributed by atoms with Crippen molar-refractivity contribution in [2.24, 2.45) is 0 Å². The zero-order valence-electron chi connectivity index (χ0n) is 10.8. The molecule has 4 nitrogen and oxygen atoms in total. The lowest BCUT2D eigenvalue weighted by molar-refractivity contribution is 0.0202. The maximum atomic E-state index is 9.98. The molecule has 0 radical (unpaired) electrons. The van der Waals surface area contributed by atoms with Crippen molar-refractivity contribution in [3.05, 3.63) is 54.4 Å². The topological polar surface area (TPSA) is 65.4 Å². The summed E-state index contributed by atoms with van der Waals surface area (Å²) in [5.41, 5.74) is 2.84. The third kappa shape index (κ3) is 3.38. The van der Waals surface area contributed by atoms with E-state index in [0.717, 1.165) is 11.1 Å². The molecule has 0 aliphatic heterocycles. The molecule has 0 aliphatic rings. The second kappa shape index (κ2) is 6.43. The molecule has 3 N–H and O–H groups in total. The molecule has 0 saturated carbocycles. The summed E-state index contributed by atoms with van der Waals surface area (Å²) in [7, 11) is 1.74. The van der Waals surface area contributed by atoms with Gasteiger partial charge in [-0.05, 0) is 35.9 Å². The Hall–Kier alpha value is -1.75. The summed E-state index contributed by atoms with van der Waals surface area (Å²) in [6, 6.07) is 11.4. The predicted octanol–water partition coefficient (Wildman–Crippen LogP) is 1.36. The molecule has 0 bridgehead atoms. The van der Waals surface area contributed by atoms with Gasteiger partial charge in [0.05, 0.1) is 6.10 Å². The molecule has 0 spiro atoms. The summed E-state index contributed by atoms with van der Waals surface area (Å²) < 4.78 is 0. The Morgan fingerprint density at radius 2 is 1.58 bits per heavy atom. The largest absolute Gasteiger partial charge is 0.389 e. The maximum absolute atomic E-state index is 9.98. The highest BCUT2D eigenvalue weighted by atomic mass is 16.3. The molecule has 2 atom stereocenters. The number of likely N-dealkylation sites (N-methyl/N-ethyl adjacent to an activating group) is 1. The molecule has 1 heterocycles. The van der Waals surface area contributed by atoms with E-state index in [4.69, 9.17) is 0 Å². The van der Waals surface area contributed by atoms with E-state index >= 15 is 0 Å². The van der Waals surface area contributed by atoms with Crippen molar-refractivity contribution < 1.29 is 10.2 Å². The minimum absolute atomic E-state index is 0.354. The van der Waals surface area contributed by atoms with E-state index in [-0.39, 0.29) is 0 Å². The van der Waals surface area contributed by atoms with Crippen LogP contribution in [0.25, 0.3) is 11.1 Å². The van der Waals surface area contributed by atoms with Gasteiger partial charge in [-0.1, -0.05) is 24.3 Å². The molecule has 0 fully saturated rings. The first kappa shape index (κ1) is 13.7. The van der Waals surface area contributed by atoms with Gasteiger partial charge in [0.25, 0.3) is 0 Å². The summed E-state index contributed by atoms with van der Waals surface area (Å²) in [6.07, 6.45) is 1.81. The second-order valence-electron chi connectivity index (χ2n) is 4.43. The first-order valence-electron chi connectivity index (χ1n) is 6.23. The molecule has 2 unspecified atom stereocenters. The SMILES string of the molecule is CNCC(O)C(O)c1ccc(-c2ccncc2)cc1. The van der Waals surface area contributed by atoms with E-state index in [0.29, 0.717) is 12.1 Å². The number of nitrogens with one attached hydrogen (secondary N) is 1. The van der Waals surface area contributed by atoms with Crippen LogP contribution in [0.4, 0.5) is 0 Å². The van der Waals surface area contributed by atoms with E-state index in [2.05, 4.69) is 10.3 Å². The van der Waals surface area contributed by atoms with Gasteiger partial charge in [0.1, 0.15) is 6.10 Å². The second-order valence-corrected chi connectivity index (χ2v) is 4.43. The average molecular weight is 258 g/mol. The van der Waals surface area contributed by atoms with E-state index in [1.54, 1.807) is 19.4 Å². The van der Waals surface area contributed by atoms with Gasteiger partial charge in [0.2, 0.25) is 0 Å². The van der Waals surface area contributed by atoms with Crippen LogP contribution in [0.2, 0.25) is 0 Å². The first-order valence-corrected chi connectivity index (χ1v) is 6.23. The number of aliphatic hydroxyl groups excluding tert-OH is 2. The molecule has 2 rings (SSSR count). The number of nitrogens with zero attached hydrogens (tertiary/aromatic N) is 1. The predicted molar refractivity (Wildman–Crippen MR) is 74.6 cm³/mol. The zero-order chi connectivity index (χ0) is 13.7. The van der Waals surface area contributed by atoms with Crippen LogP contribution in [0, 0.1) is 0 Å². The van der Waals surface area contributed by atoms with Crippen LogP contribution in [0.1, 0.15) is 11.7 Å². The number of rotatable bonds is 5. The van der Waals surface area contributed by atoms with Crippen molar-refractivity contribution in [1.82, 2.24) is 10.3 Å². The number of benzene rings is 1. The Labute approximate surface area is 112 Å². The Kier molecular flexibility index (Phi) is 4.63. The van der Waals surface area contributed by atoms with Crippen molar-refractivity contribution in [2.45, 2.75) is 12.2 Å². The van der Waals surface area contributed by atoms with Gasteiger partial charge in [-0.3, -0.25) is 4.98 Å². The number of aromatic nitrogens is 1. The lowest BCUT2D eigenvalue weighted by atomic mass is 10.00. The van der Waals surface area contributed by atoms with Crippen LogP contribution in [-0.4, -0.2) is 34.9 Å². The minimum Gasteiger partial charge on any atom is -0.389 e. The third-order valence-corrected chi connectivity index (χ3v) is 3.04. The number of hydrogen-bond donors (Lipinski definition) is 3. The minimum atomic E-state index is -0.876. The van der Waals surface area contributed by atoms with Crippen LogP contribution in [0.15, 0.2) is 48.8 Å². The molecular formula is C15H18N2O2. The Morgan fingerprint density at radius 3 is 2.16 bits per heavy atom. The van der Waals surface area contributed by atoms with Crippen molar-refractivity contribution in [3.8, 4) is 11.1 Å². The van der Waals surface area contributed by atoms with Crippen molar-refractivity contribution >= 4 is 0 Å². The Bertz CT molecular complexity index is 499. The lowest BCUT2D eigenvalue weighted by Gasteiger charge is -2.18. The molecule has 0 amide bonds. The van der Waals surface area contributed by atoms with Gasteiger partial charge in [0, 0.05) is 18.9 Å². The standard InChI is InChI=1S/C15H18N2O2/c1-16-10-14(18)15(19)13-4-2-11(3-5-13)12-6-8-17-9-7-12/h2-9,14-16,18-19H,10H2,1H3. The van der Waals surface area contributed by atoms with Gasteiger partial charge in [-0.2, -0.15) is 0 Å². The van der Waals surface area contributed by atoms with E-state index in [9.17, 15) is 10.2 Å². The summed E-state index contributed by atoms with van der Waals surface area (Å²) in [4.78, 5) is 3.98. The van der Waals surface area contributed by atoms with Gasteiger partial charge in [-0.15, -0.1) is 0 Å². The fraction of sp³-hybridized carbons (Fsp3) is 0.267. The highest BCUT2D eigenvalue weighted by Gasteiger charge is 2.17. The summed E-state index contributed by atoms with van der Waals surface area (Å²) in [5, 5.41) is 22.6. The molecule has 100 valence electrons. The molecule has 19 heavy (non-hydrogen) atoms. The van der Waals surface area contributed by atoms with Gasteiger partial charge < -0.3 is 15.5 Å². The number of aliphatic hydroxyl groups is 2. The van der Waals surface area contributed by atoms with Gasteiger partial charge in [0.15, 0.2) is 0 Å². The summed E-state index contributed by atoms with van der Waals surface area (Å²) in [5.74, 6) is 0. The smallest absolute Gasteiger partial charge is 0.106 e. The van der Waals surface area contributed by atoms with E-state index in [1.165, 1.54) is 0 Å². The maximum Gasteiger partial charge on any atom is 0.106 e. The lowest BCUT2D eigenvalue weighted by Crippen LogP contribution is -2.29. The normalized spacial score (nSPS) is 14.1. The zero-order valence-corrected chi connectivity index (χ0v) is 10.8. The van der Waals surface area contributed by atoms with Crippen LogP contribution < -0.4 is 5.32 Å². The van der Waals surface area contributed by atoms with Crippen molar-refractivity contribution in [2.75, 3.05) is 13.6 Å². The molecule has 0 saturated heterocycles. The monoisotopic (exact) mass is 258 g/mol. The van der Waals surface area contributed by atoms with Gasteiger partial charge >= 0.3 is 0 Å². The summed E-state index contributed by atoms with van der Waals surface area (Å²) in [6.45, 7) is 0.354. The average Bonchev–Trinajstić information content (AvgIpc) is 2.48. The van der Waals surface area contributed by atoms with Crippen LogP contribution >= 0.6 is 0 Å². The highest BCUT2D eigenvalue weighted by molar-refractivity contribution is 5.62. The van der Waals surface area contributed by atoms with Gasteiger partial charge in [-0.25, -0.2) is 0 Å². The molecular weight excluding hydrogens is 240 g/mol. The molecule has 1 aromatic heterocycles. The van der Waals surface area contributed by atoms with Crippen molar-refractivity contribution in [1.29, 1.82) is 0 Å². The first-order chi connectivity index (χ1) is 9.22. The van der Waals surface area contributed by atoms with Crippen LogP contribution in [0.3, 0.4) is 0 Å². The van der Waals surface area contributed by atoms with Crippen LogP contribution in [-0.2, 0) is 0 Å². The highest BCUT2D eigenvalue weighted by Crippen LogP contribution is 2.22. The number of hydrogen-bond acceptors (Lipinski definition) is 4. The van der Waals surface area contributed by atoms with Crippen LogP contribution in [0.5, 0.6) is 0 Å². The van der Waals surface area contributed by atoms with Crippen molar-refractivity contribution in [3.63, 3.8) is 0 Å². The molecule has 1 aromatic carbocycles. The summed E-state index contributed by atoms with van der Waals surface area (Å²) >= 11 is 0. The molecule has 4 heteroatoms. The van der Waals surface area contributed by atoms with E-state index < -0.39 is 12.2 Å². The molecule has 0 aliphatic carbocycles. The fourth-order valence-corrected chi connectivity index (χ4v) is 1.96.